The molecule has 0 fully saturated rings. The third-order valence-electron chi connectivity index (χ3n) is 15.5. The van der Waals surface area contributed by atoms with Gasteiger partial charge in [-0.3, -0.25) is 0 Å². The summed E-state index contributed by atoms with van der Waals surface area (Å²) in [5.74, 6) is 0. The maximum Gasteiger partial charge on any atom is 0.0737 e. The molecule has 4 heteroatoms. The Morgan fingerprint density at radius 2 is 0.676 bits per heavy atom. The number of aromatic nitrogens is 4. The van der Waals surface area contributed by atoms with Crippen LogP contribution in [-0.2, 0) is 21.7 Å². The van der Waals surface area contributed by atoms with E-state index in [1.54, 1.807) is 0 Å². The maximum atomic E-state index is 5.82. The first-order valence-corrected chi connectivity index (χ1v) is 26.4. The average molecular weight is 963 g/mol. The molecule has 4 nitrogen and oxygen atoms in total. The molecule has 0 radical (unpaired) electrons. The molecule has 0 spiro atoms. The Balaban J connectivity index is 1.28. The average Bonchev–Trinajstić information content (AvgIpc) is 4.22. The van der Waals surface area contributed by atoms with Crippen molar-refractivity contribution in [3.63, 3.8) is 0 Å². The Labute approximate surface area is 436 Å². The van der Waals surface area contributed by atoms with Gasteiger partial charge in [0.2, 0.25) is 0 Å². The Morgan fingerprint density at radius 1 is 0.311 bits per heavy atom. The van der Waals surface area contributed by atoms with Gasteiger partial charge in [-0.05, 0) is 147 Å². The largest absolute Gasteiger partial charge is 0.354 e. The zero-order valence-electron chi connectivity index (χ0n) is 45.1. The lowest BCUT2D eigenvalue weighted by atomic mass is 9.78. The Bertz CT molecular complexity index is 3990. The van der Waals surface area contributed by atoms with Gasteiger partial charge in [-0.1, -0.05) is 204 Å². The van der Waals surface area contributed by atoms with Crippen LogP contribution in [0.25, 0.3) is 123 Å². The van der Waals surface area contributed by atoms with Crippen LogP contribution >= 0.6 is 0 Å². The van der Waals surface area contributed by atoms with E-state index in [-0.39, 0.29) is 21.7 Å². The van der Waals surface area contributed by atoms with Gasteiger partial charge in [-0.25, -0.2) is 9.97 Å². The molecule has 0 saturated heterocycles. The highest BCUT2D eigenvalue weighted by atomic mass is 14.8. The lowest BCUT2D eigenvalue weighted by Crippen LogP contribution is -2.16. The molecule has 2 N–H and O–H groups in total. The molecule has 8 bridgehead atoms. The van der Waals surface area contributed by atoms with E-state index in [0.29, 0.717) is 0 Å². The van der Waals surface area contributed by atoms with E-state index >= 15 is 0 Å². The molecule has 12 rings (SSSR count). The normalized spacial score (nSPS) is 13.3. The molecule has 2 aliphatic heterocycles. The zero-order valence-corrected chi connectivity index (χ0v) is 45.1. The number of H-pyrrole nitrogens is 2. The molecule has 0 amide bonds. The van der Waals surface area contributed by atoms with Crippen molar-refractivity contribution in [2.24, 2.45) is 0 Å². The molecular weight excluding hydrogens is 897 g/mol. The highest BCUT2D eigenvalue weighted by Gasteiger charge is 2.27. The Morgan fingerprint density at radius 3 is 1.11 bits per heavy atom. The molecule has 0 unspecified atom stereocenters. The molecule has 3 aromatic heterocycles. The van der Waals surface area contributed by atoms with Gasteiger partial charge < -0.3 is 9.97 Å². The van der Waals surface area contributed by atoms with Gasteiger partial charge in [0.1, 0.15) is 0 Å². The minimum absolute atomic E-state index is 0.0880. The second-order valence-corrected chi connectivity index (χ2v) is 24.9. The summed E-state index contributed by atoms with van der Waals surface area (Å²) in [5.41, 5.74) is 21.1. The third kappa shape index (κ3) is 8.16. The van der Waals surface area contributed by atoms with Gasteiger partial charge in [0.25, 0.3) is 0 Å². The van der Waals surface area contributed by atoms with Gasteiger partial charge in [-0.15, -0.1) is 0 Å². The summed E-state index contributed by atoms with van der Waals surface area (Å²) < 4.78 is 0. The highest BCUT2D eigenvalue weighted by Crippen LogP contribution is 2.45. The van der Waals surface area contributed by atoms with Crippen LogP contribution in [-0.4, -0.2) is 19.9 Å². The molecule has 0 aliphatic carbocycles. The van der Waals surface area contributed by atoms with Crippen LogP contribution in [0.1, 0.15) is 128 Å². The number of nitrogens with zero attached hydrogens (tertiary/aromatic N) is 2. The van der Waals surface area contributed by atoms with Crippen molar-refractivity contribution >= 4 is 78.7 Å². The molecular formula is C70H66N4. The molecule has 10 aromatic rings. The molecule has 74 heavy (non-hydrogen) atoms. The third-order valence-corrected chi connectivity index (χ3v) is 15.5. The minimum atomic E-state index is -0.0880. The Hall–Kier alpha value is -7.82. The fourth-order valence-corrected chi connectivity index (χ4v) is 11.2. The van der Waals surface area contributed by atoms with Crippen molar-refractivity contribution in [2.45, 2.75) is 105 Å². The van der Waals surface area contributed by atoms with Gasteiger partial charge in [0.05, 0.1) is 22.8 Å². The van der Waals surface area contributed by atoms with Crippen LogP contribution in [0.5, 0.6) is 0 Å². The van der Waals surface area contributed by atoms with Crippen molar-refractivity contribution in [1.29, 1.82) is 0 Å². The molecule has 7 aromatic carbocycles. The summed E-state index contributed by atoms with van der Waals surface area (Å²) in [6.45, 7) is 27.7. The van der Waals surface area contributed by atoms with Gasteiger partial charge in [0, 0.05) is 44.3 Å². The lowest BCUT2D eigenvalue weighted by molar-refractivity contribution is 0.568. The first-order valence-electron chi connectivity index (χ1n) is 26.4. The summed E-state index contributed by atoms with van der Waals surface area (Å²) >= 11 is 0. The standard InChI is InChI=1S/C70H66N4/c1-67(2,3)47-35-45(36-48(39-47)68(4,5)6)64-55-29-27-53(71-55)63(41-17-14-13-15-18-41)54-28-30-56(72-54)65(46-37-49(69(7,8)9)40-50(38-46)70(10,11)12)58-32-34-60(74-58)66(59-33-31-57(64)73-59)52-26-24-44-22-21-42-19-16-20-43-23-25-51(52)62(44)61(42)43/h13-40,71,74H,1-12H3. The topological polar surface area (TPSA) is 57.4 Å². The van der Waals surface area contributed by atoms with Crippen LogP contribution in [0, 0.1) is 0 Å². The van der Waals surface area contributed by atoms with Crippen molar-refractivity contribution in [1.82, 2.24) is 19.9 Å². The molecule has 5 heterocycles. The van der Waals surface area contributed by atoms with Crippen LogP contribution in [0.4, 0.5) is 0 Å². The van der Waals surface area contributed by atoms with E-state index in [9.17, 15) is 0 Å². The summed E-state index contributed by atoms with van der Waals surface area (Å²) in [5, 5.41) is 7.48. The zero-order chi connectivity index (χ0) is 51.6. The summed E-state index contributed by atoms with van der Waals surface area (Å²) in [4.78, 5) is 19.6. The van der Waals surface area contributed by atoms with Crippen molar-refractivity contribution in [3.8, 4) is 44.5 Å². The van der Waals surface area contributed by atoms with Crippen LogP contribution in [0.3, 0.4) is 0 Å². The second kappa shape index (κ2) is 16.9. The predicted molar refractivity (Wildman–Crippen MR) is 319 cm³/mol. The second-order valence-electron chi connectivity index (χ2n) is 24.9. The number of nitrogens with one attached hydrogen (secondary N) is 2. The Kier molecular flexibility index (Phi) is 10.8. The van der Waals surface area contributed by atoms with E-state index in [1.165, 1.54) is 54.6 Å². The SMILES string of the molecule is CC(C)(C)c1cc(-c2c3nc(c(-c4ccc5ccc6cccc7ccc4c5c67)c4ccc([nH]4)c(-c4cc(C(C)(C)C)cc(C(C)(C)C)c4)c4nc(c(-c5ccccc5)c5ccc2[nH]5)C=C4)C=C3)cc(C(C)(C)C)c1. The summed E-state index contributed by atoms with van der Waals surface area (Å²) in [7, 11) is 0. The first-order chi connectivity index (χ1) is 35.2. The quantitative estimate of drug-likeness (QED) is 0.173. The summed E-state index contributed by atoms with van der Waals surface area (Å²) in [6, 6.07) is 54.5. The van der Waals surface area contributed by atoms with E-state index in [2.05, 4.69) is 263 Å². The predicted octanol–water partition coefficient (Wildman–Crippen LogP) is 19.4. The first kappa shape index (κ1) is 47.2. The van der Waals surface area contributed by atoms with Gasteiger partial charge >= 0.3 is 0 Å². The number of hydrogen-bond acceptors (Lipinski definition) is 2. The number of aromatic amines is 2. The van der Waals surface area contributed by atoms with Crippen LogP contribution in [0.15, 0.2) is 146 Å². The highest BCUT2D eigenvalue weighted by molar-refractivity contribution is 6.26. The number of rotatable bonds is 4. The molecule has 366 valence electrons. The van der Waals surface area contributed by atoms with Crippen molar-refractivity contribution in [2.75, 3.05) is 0 Å². The maximum absolute atomic E-state index is 5.82. The summed E-state index contributed by atoms with van der Waals surface area (Å²) in [6.07, 6.45) is 8.90. The van der Waals surface area contributed by atoms with Crippen molar-refractivity contribution in [3.05, 3.63) is 191 Å². The number of hydrogen-bond donors (Lipinski definition) is 2. The van der Waals surface area contributed by atoms with E-state index < -0.39 is 0 Å². The van der Waals surface area contributed by atoms with E-state index in [1.807, 2.05) is 0 Å². The molecule has 0 saturated carbocycles. The lowest BCUT2D eigenvalue weighted by Gasteiger charge is -2.26. The van der Waals surface area contributed by atoms with Crippen LogP contribution < -0.4 is 0 Å². The van der Waals surface area contributed by atoms with Gasteiger partial charge in [-0.2, -0.15) is 0 Å². The fraction of sp³-hybridized carbons (Fsp3) is 0.229. The minimum Gasteiger partial charge on any atom is -0.354 e. The molecule has 2 aliphatic rings. The van der Waals surface area contributed by atoms with Crippen molar-refractivity contribution < 1.29 is 0 Å². The molecule has 0 atom stereocenters. The number of benzene rings is 7. The smallest absolute Gasteiger partial charge is 0.0737 e. The number of fused-ring (bicyclic) bond motifs is 8. The van der Waals surface area contributed by atoms with E-state index in [4.69, 9.17) is 9.97 Å². The van der Waals surface area contributed by atoms with E-state index in [0.717, 1.165) is 89.4 Å². The fourth-order valence-electron chi connectivity index (χ4n) is 11.2. The van der Waals surface area contributed by atoms with Gasteiger partial charge in [0.15, 0.2) is 0 Å². The van der Waals surface area contributed by atoms with Crippen LogP contribution in [0.2, 0.25) is 0 Å². The monoisotopic (exact) mass is 963 g/mol.